The van der Waals surface area contributed by atoms with Gasteiger partial charge in [-0.2, -0.15) is 5.10 Å². The van der Waals surface area contributed by atoms with Gasteiger partial charge >= 0.3 is 0 Å². The number of rotatable bonds is 5. The van der Waals surface area contributed by atoms with Crippen LogP contribution in [0.3, 0.4) is 0 Å². The number of nitrogens with zero attached hydrogens (tertiary/aromatic N) is 1. The Hall–Kier alpha value is -2.79. The molecule has 0 saturated heterocycles. The lowest BCUT2D eigenvalue weighted by Crippen LogP contribution is -2.23. The second-order valence-electron chi connectivity index (χ2n) is 5.16. The number of carbonyl (C=O) groups excluding carboxylic acids is 1. The summed E-state index contributed by atoms with van der Waals surface area (Å²) in [7, 11) is 1.61. The van der Waals surface area contributed by atoms with Gasteiger partial charge in [0.1, 0.15) is 5.75 Å². The topological polar surface area (TPSA) is 67.0 Å². The number of hydrogen-bond donors (Lipinski definition) is 2. The third-order valence-electron chi connectivity index (χ3n) is 3.65. The van der Waals surface area contributed by atoms with E-state index in [2.05, 4.69) is 15.5 Å². The van der Waals surface area contributed by atoms with Crippen molar-refractivity contribution in [3.63, 3.8) is 0 Å². The Labute approximate surface area is 144 Å². The third-order valence-corrected chi connectivity index (χ3v) is 3.90. The van der Waals surface area contributed by atoms with Crippen LogP contribution in [0.2, 0.25) is 5.02 Å². The van der Waals surface area contributed by atoms with Gasteiger partial charge in [-0.15, -0.1) is 0 Å². The van der Waals surface area contributed by atoms with E-state index in [4.69, 9.17) is 16.3 Å². The average molecular weight is 342 g/mol. The number of aromatic nitrogens is 2. The monoisotopic (exact) mass is 341 g/mol. The Balaban J connectivity index is 1.77. The van der Waals surface area contributed by atoms with E-state index in [9.17, 15) is 4.79 Å². The fraction of sp³-hybridized carbons (Fsp3) is 0.111. The average Bonchev–Trinajstić information content (AvgIpc) is 3.10. The number of nitrogens with one attached hydrogen (secondary N) is 2. The van der Waals surface area contributed by atoms with Gasteiger partial charge in [-0.1, -0.05) is 41.9 Å². The van der Waals surface area contributed by atoms with Gasteiger partial charge in [-0.25, -0.2) is 0 Å². The molecule has 1 aromatic heterocycles. The molecule has 0 aliphatic rings. The van der Waals surface area contributed by atoms with E-state index in [1.54, 1.807) is 19.2 Å². The van der Waals surface area contributed by atoms with E-state index >= 15 is 0 Å². The van der Waals surface area contributed by atoms with E-state index in [0.29, 0.717) is 22.8 Å². The molecule has 6 heteroatoms. The van der Waals surface area contributed by atoms with Gasteiger partial charge in [0.2, 0.25) is 0 Å². The summed E-state index contributed by atoms with van der Waals surface area (Å²) in [5.74, 6) is 0.530. The molecule has 0 radical (unpaired) electrons. The standard InChI is InChI=1S/C18H16ClN3O2/c1-24-16-5-3-2-4-13(16)10-20-18(23)15-11-21-22-17(15)12-6-8-14(19)9-7-12/h2-9,11H,10H2,1H3,(H,20,23)(H,21,22). The molecule has 122 valence electrons. The number of benzene rings is 2. The van der Waals surface area contributed by atoms with Crippen molar-refractivity contribution >= 4 is 17.5 Å². The summed E-state index contributed by atoms with van der Waals surface area (Å²) >= 11 is 5.90. The highest BCUT2D eigenvalue weighted by Gasteiger charge is 2.15. The van der Waals surface area contributed by atoms with Crippen LogP contribution in [0.25, 0.3) is 11.3 Å². The summed E-state index contributed by atoms with van der Waals surface area (Å²) < 4.78 is 5.29. The molecule has 5 nitrogen and oxygen atoms in total. The lowest BCUT2D eigenvalue weighted by molar-refractivity contribution is 0.0951. The first-order chi connectivity index (χ1) is 11.7. The Morgan fingerprint density at radius 3 is 2.71 bits per heavy atom. The molecule has 0 aliphatic carbocycles. The van der Waals surface area contributed by atoms with Crippen molar-refractivity contribution in [1.29, 1.82) is 0 Å². The Morgan fingerprint density at radius 2 is 1.96 bits per heavy atom. The summed E-state index contributed by atoms with van der Waals surface area (Å²) in [5.41, 5.74) is 2.89. The normalized spacial score (nSPS) is 10.4. The maximum atomic E-state index is 12.5. The first kappa shape index (κ1) is 16.1. The van der Waals surface area contributed by atoms with Gasteiger partial charge in [0.15, 0.2) is 0 Å². The highest BCUT2D eigenvalue weighted by atomic mass is 35.5. The van der Waals surface area contributed by atoms with E-state index in [-0.39, 0.29) is 5.91 Å². The van der Waals surface area contributed by atoms with Crippen LogP contribution in [0.5, 0.6) is 5.75 Å². The van der Waals surface area contributed by atoms with Crippen LogP contribution in [-0.2, 0) is 6.54 Å². The number of para-hydroxylation sites is 1. The van der Waals surface area contributed by atoms with Crippen LogP contribution >= 0.6 is 11.6 Å². The van der Waals surface area contributed by atoms with Crippen LogP contribution in [0.1, 0.15) is 15.9 Å². The second-order valence-corrected chi connectivity index (χ2v) is 5.60. The Kier molecular flexibility index (Phi) is 4.82. The molecule has 2 aromatic carbocycles. The van der Waals surface area contributed by atoms with Crippen molar-refractivity contribution in [3.05, 3.63) is 70.9 Å². The van der Waals surface area contributed by atoms with Crippen molar-refractivity contribution in [2.45, 2.75) is 6.54 Å². The maximum Gasteiger partial charge on any atom is 0.255 e. The zero-order valence-corrected chi connectivity index (χ0v) is 13.8. The van der Waals surface area contributed by atoms with E-state index in [1.807, 2.05) is 36.4 Å². The zero-order chi connectivity index (χ0) is 16.9. The molecule has 3 rings (SSSR count). The van der Waals surface area contributed by atoms with Gasteiger partial charge in [0, 0.05) is 22.7 Å². The molecule has 0 fully saturated rings. The van der Waals surface area contributed by atoms with Crippen molar-refractivity contribution in [3.8, 4) is 17.0 Å². The van der Waals surface area contributed by atoms with Crippen LogP contribution in [-0.4, -0.2) is 23.2 Å². The Bertz CT molecular complexity index is 843. The van der Waals surface area contributed by atoms with Crippen LogP contribution in [0.15, 0.2) is 54.7 Å². The predicted molar refractivity (Wildman–Crippen MR) is 93.2 cm³/mol. The van der Waals surface area contributed by atoms with Crippen molar-refractivity contribution in [2.75, 3.05) is 7.11 Å². The number of amides is 1. The van der Waals surface area contributed by atoms with Crippen molar-refractivity contribution in [2.24, 2.45) is 0 Å². The van der Waals surface area contributed by atoms with Crippen LogP contribution in [0.4, 0.5) is 0 Å². The molecule has 0 bridgehead atoms. The van der Waals surface area contributed by atoms with E-state index < -0.39 is 0 Å². The lowest BCUT2D eigenvalue weighted by atomic mass is 10.1. The third kappa shape index (κ3) is 3.41. The molecule has 1 heterocycles. The lowest BCUT2D eigenvalue weighted by Gasteiger charge is -2.09. The summed E-state index contributed by atoms with van der Waals surface area (Å²) in [4.78, 5) is 12.5. The first-order valence-electron chi connectivity index (χ1n) is 7.38. The highest BCUT2D eigenvalue weighted by Crippen LogP contribution is 2.23. The number of carbonyl (C=O) groups is 1. The number of methoxy groups -OCH3 is 1. The van der Waals surface area contributed by atoms with Crippen molar-refractivity contribution in [1.82, 2.24) is 15.5 Å². The SMILES string of the molecule is COc1ccccc1CNC(=O)c1cn[nH]c1-c1ccc(Cl)cc1. The molecule has 24 heavy (non-hydrogen) atoms. The summed E-state index contributed by atoms with van der Waals surface area (Å²) in [6.45, 7) is 0.369. The number of ether oxygens (including phenoxy) is 1. The Morgan fingerprint density at radius 1 is 1.21 bits per heavy atom. The fourth-order valence-electron chi connectivity index (χ4n) is 2.41. The number of aromatic amines is 1. The maximum absolute atomic E-state index is 12.5. The van der Waals surface area contributed by atoms with Crippen LogP contribution in [0, 0.1) is 0 Å². The van der Waals surface area contributed by atoms with E-state index in [0.717, 1.165) is 16.9 Å². The molecule has 0 spiro atoms. The smallest absolute Gasteiger partial charge is 0.255 e. The summed E-state index contributed by atoms with van der Waals surface area (Å²) in [5, 5.41) is 10.4. The largest absolute Gasteiger partial charge is 0.496 e. The molecule has 0 atom stereocenters. The van der Waals surface area contributed by atoms with Gasteiger partial charge in [-0.05, 0) is 18.2 Å². The zero-order valence-electron chi connectivity index (χ0n) is 13.0. The van der Waals surface area contributed by atoms with Gasteiger partial charge in [-0.3, -0.25) is 9.89 Å². The molecule has 3 aromatic rings. The minimum Gasteiger partial charge on any atom is -0.496 e. The number of halogens is 1. The molecular weight excluding hydrogens is 326 g/mol. The highest BCUT2D eigenvalue weighted by molar-refractivity contribution is 6.30. The number of hydrogen-bond acceptors (Lipinski definition) is 3. The van der Waals surface area contributed by atoms with Gasteiger partial charge in [0.05, 0.1) is 24.6 Å². The predicted octanol–water partition coefficient (Wildman–Crippen LogP) is 3.67. The van der Waals surface area contributed by atoms with Gasteiger partial charge < -0.3 is 10.1 Å². The quantitative estimate of drug-likeness (QED) is 0.744. The molecule has 0 aliphatic heterocycles. The van der Waals surface area contributed by atoms with Crippen molar-refractivity contribution < 1.29 is 9.53 Å². The van der Waals surface area contributed by atoms with Gasteiger partial charge in [0.25, 0.3) is 5.91 Å². The second kappa shape index (κ2) is 7.19. The molecule has 1 amide bonds. The molecular formula is C18H16ClN3O2. The van der Waals surface area contributed by atoms with E-state index in [1.165, 1.54) is 6.20 Å². The first-order valence-corrected chi connectivity index (χ1v) is 7.76. The number of H-pyrrole nitrogens is 1. The summed E-state index contributed by atoms with van der Waals surface area (Å²) in [6.07, 6.45) is 1.52. The summed E-state index contributed by atoms with van der Waals surface area (Å²) in [6, 6.07) is 14.8. The fourth-order valence-corrected chi connectivity index (χ4v) is 2.54. The molecule has 0 unspecified atom stereocenters. The molecule has 0 saturated carbocycles. The minimum atomic E-state index is -0.209. The van der Waals surface area contributed by atoms with Crippen LogP contribution < -0.4 is 10.1 Å². The minimum absolute atomic E-state index is 0.209. The molecule has 2 N–H and O–H groups in total.